The van der Waals surface area contributed by atoms with E-state index in [9.17, 15) is 4.79 Å². The maximum atomic E-state index is 11.5. The second kappa shape index (κ2) is 6.39. The summed E-state index contributed by atoms with van der Waals surface area (Å²) in [6.07, 6.45) is 8.83. The number of nitrogens with one attached hydrogen (secondary N) is 1. The van der Waals surface area contributed by atoms with Gasteiger partial charge in [0.2, 0.25) is 5.91 Å². The van der Waals surface area contributed by atoms with E-state index in [0.717, 1.165) is 38.4 Å². The molecule has 98 valence electrons. The predicted octanol–water partition coefficient (Wildman–Crippen LogP) is 2.17. The van der Waals surface area contributed by atoms with E-state index in [4.69, 9.17) is 0 Å². The summed E-state index contributed by atoms with van der Waals surface area (Å²) in [5.74, 6) is 1.22. The molecule has 1 heterocycles. The molecule has 1 amide bonds. The van der Waals surface area contributed by atoms with E-state index in [1.54, 1.807) is 0 Å². The van der Waals surface area contributed by atoms with Gasteiger partial charge in [-0.1, -0.05) is 19.3 Å². The molecule has 0 spiro atoms. The summed E-state index contributed by atoms with van der Waals surface area (Å²) in [6.45, 7) is 5.21. The van der Waals surface area contributed by atoms with Crippen LogP contribution in [0.1, 0.15) is 51.9 Å². The number of likely N-dealkylation sites (tertiary alicyclic amines) is 1. The first-order valence-electron chi connectivity index (χ1n) is 7.27. The third kappa shape index (κ3) is 3.98. The maximum Gasteiger partial charge on any atom is 0.222 e. The highest BCUT2D eigenvalue weighted by Crippen LogP contribution is 2.22. The number of carbonyl (C=O) groups excluding carboxylic acids is 1. The SMILES string of the molecule is CC(CN1CCCC1=O)NCC1CCCCC1. The maximum absolute atomic E-state index is 11.5. The monoisotopic (exact) mass is 238 g/mol. The van der Waals surface area contributed by atoms with E-state index in [1.807, 2.05) is 4.90 Å². The Morgan fingerprint density at radius 3 is 2.71 bits per heavy atom. The van der Waals surface area contributed by atoms with Crippen LogP contribution in [0.3, 0.4) is 0 Å². The lowest BCUT2D eigenvalue weighted by molar-refractivity contribution is -0.127. The molecular weight excluding hydrogens is 212 g/mol. The Bertz CT molecular complexity index is 249. The summed E-state index contributed by atoms with van der Waals surface area (Å²) in [5, 5.41) is 3.61. The van der Waals surface area contributed by atoms with E-state index < -0.39 is 0 Å². The van der Waals surface area contributed by atoms with Crippen LogP contribution in [-0.4, -0.2) is 36.5 Å². The number of amides is 1. The van der Waals surface area contributed by atoms with E-state index in [2.05, 4.69) is 12.2 Å². The van der Waals surface area contributed by atoms with Crippen molar-refractivity contribution in [3.05, 3.63) is 0 Å². The number of hydrogen-bond acceptors (Lipinski definition) is 2. The van der Waals surface area contributed by atoms with Gasteiger partial charge in [0.05, 0.1) is 0 Å². The van der Waals surface area contributed by atoms with Crippen LogP contribution in [-0.2, 0) is 4.79 Å². The molecule has 1 saturated carbocycles. The minimum atomic E-state index is 0.344. The Balaban J connectivity index is 1.62. The van der Waals surface area contributed by atoms with Gasteiger partial charge in [0.15, 0.2) is 0 Å². The molecule has 0 aromatic heterocycles. The minimum Gasteiger partial charge on any atom is -0.341 e. The van der Waals surface area contributed by atoms with Gasteiger partial charge in [0, 0.05) is 25.6 Å². The zero-order valence-corrected chi connectivity index (χ0v) is 11.1. The molecule has 17 heavy (non-hydrogen) atoms. The van der Waals surface area contributed by atoms with Crippen LogP contribution in [0.15, 0.2) is 0 Å². The molecule has 1 aliphatic heterocycles. The van der Waals surface area contributed by atoms with Crippen LogP contribution in [0, 0.1) is 5.92 Å². The topological polar surface area (TPSA) is 32.3 Å². The highest BCUT2D eigenvalue weighted by Gasteiger charge is 2.22. The van der Waals surface area contributed by atoms with Crippen LogP contribution in [0.4, 0.5) is 0 Å². The number of nitrogens with zero attached hydrogens (tertiary/aromatic N) is 1. The molecule has 3 nitrogen and oxygen atoms in total. The molecule has 0 bridgehead atoms. The Kier molecular flexibility index (Phi) is 4.84. The molecule has 1 N–H and O–H groups in total. The highest BCUT2D eigenvalue weighted by atomic mass is 16.2. The highest BCUT2D eigenvalue weighted by molar-refractivity contribution is 5.78. The van der Waals surface area contributed by atoms with Crippen LogP contribution in [0.25, 0.3) is 0 Å². The van der Waals surface area contributed by atoms with Gasteiger partial charge in [0.1, 0.15) is 0 Å². The van der Waals surface area contributed by atoms with Crippen molar-refractivity contribution < 1.29 is 4.79 Å². The number of rotatable bonds is 5. The zero-order valence-electron chi connectivity index (χ0n) is 11.1. The van der Waals surface area contributed by atoms with Gasteiger partial charge in [-0.15, -0.1) is 0 Å². The minimum absolute atomic E-state index is 0.344. The lowest BCUT2D eigenvalue weighted by atomic mass is 9.89. The van der Waals surface area contributed by atoms with Crippen LogP contribution < -0.4 is 5.32 Å². The lowest BCUT2D eigenvalue weighted by Crippen LogP contribution is -2.41. The fourth-order valence-corrected chi connectivity index (χ4v) is 3.05. The second-order valence-electron chi connectivity index (χ2n) is 5.76. The van der Waals surface area contributed by atoms with Crippen molar-refractivity contribution in [3.8, 4) is 0 Å². The van der Waals surface area contributed by atoms with E-state index in [0.29, 0.717) is 11.9 Å². The smallest absolute Gasteiger partial charge is 0.222 e. The molecule has 2 aliphatic rings. The average Bonchev–Trinajstić information content (AvgIpc) is 2.74. The van der Waals surface area contributed by atoms with Crippen LogP contribution in [0.2, 0.25) is 0 Å². The van der Waals surface area contributed by atoms with Gasteiger partial charge in [-0.05, 0) is 38.6 Å². The molecular formula is C14H26N2O. The quantitative estimate of drug-likeness (QED) is 0.796. The summed E-state index contributed by atoms with van der Waals surface area (Å²) in [4.78, 5) is 13.5. The molecule has 1 unspecified atom stereocenters. The van der Waals surface area contributed by atoms with Gasteiger partial charge >= 0.3 is 0 Å². The largest absolute Gasteiger partial charge is 0.341 e. The van der Waals surface area contributed by atoms with Gasteiger partial charge in [0.25, 0.3) is 0 Å². The molecule has 1 atom stereocenters. The Hall–Kier alpha value is -0.570. The van der Waals surface area contributed by atoms with Crippen molar-refractivity contribution in [2.24, 2.45) is 5.92 Å². The van der Waals surface area contributed by atoms with Crippen molar-refractivity contribution >= 4 is 5.91 Å². The molecule has 0 aromatic rings. The third-order valence-corrected chi connectivity index (χ3v) is 4.15. The number of hydrogen-bond donors (Lipinski definition) is 1. The summed E-state index contributed by atoms with van der Waals surface area (Å²) in [6, 6.07) is 0.443. The first-order valence-corrected chi connectivity index (χ1v) is 7.27. The van der Waals surface area contributed by atoms with E-state index in [1.165, 1.54) is 32.1 Å². The predicted molar refractivity (Wildman–Crippen MR) is 69.9 cm³/mol. The fraction of sp³-hybridized carbons (Fsp3) is 0.929. The van der Waals surface area contributed by atoms with Gasteiger partial charge in [-0.2, -0.15) is 0 Å². The summed E-state index contributed by atoms with van der Waals surface area (Å²) < 4.78 is 0. The summed E-state index contributed by atoms with van der Waals surface area (Å²) in [5.41, 5.74) is 0. The van der Waals surface area contributed by atoms with Gasteiger partial charge in [-0.25, -0.2) is 0 Å². The van der Waals surface area contributed by atoms with Gasteiger partial charge in [-0.3, -0.25) is 4.79 Å². The fourth-order valence-electron chi connectivity index (χ4n) is 3.05. The van der Waals surface area contributed by atoms with Crippen LogP contribution >= 0.6 is 0 Å². The van der Waals surface area contributed by atoms with Crippen molar-refractivity contribution in [2.75, 3.05) is 19.6 Å². The molecule has 0 radical (unpaired) electrons. The second-order valence-corrected chi connectivity index (χ2v) is 5.76. The summed E-state index contributed by atoms with van der Waals surface area (Å²) >= 11 is 0. The first-order chi connectivity index (χ1) is 8.25. The molecule has 0 aromatic carbocycles. The van der Waals surface area contributed by atoms with E-state index in [-0.39, 0.29) is 0 Å². The third-order valence-electron chi connectivity index (χ3n) is 4.15. The van der Waals surface area contributed by atoms with Crippen molar-refractivity contribution in [2.45, 2.75) is 57.9 Å². The van der Waals surface area contributed by atoms with Crippen molar-refractivity contribution in [1.82, 2.24) is 10.2 Å². The molecule has 1 aliphatic carbocycles. The summed E-state index contributed by atoms with van der Waals surface area (Å²) in [7, 11) is 0. The molecule has 3 heteroatoms. The zero-order chi connectivity index (χ0) is 12.1. The van der Waals surface area contributed by atoms with Crippen LogP contribution in [0.5, 0.6) is 0 Å². The van der Waals surface area contributed by atoms with Gasteiger partial charge < -0.3 is 10.2 Å². The van der Waals surface area contributed by atoms with E-state index >= 15 is 0 Å². The Morgan fingerprint density at radius 1 is 1.29 bits per heavy atom. The molecule has 2 rings (SSSR count). The van der Waals surface area contributed by atoms with Crippen molar-refractivity contribution in [3.63, 3.8) is 0 Å². The lowest BCUT2D eigenvalue weighted by Gasteiger charge is -2.26. The van der Waals surface area contributed by atoms with Crippen molar-refractivity contribution in [1.29, 1.82) is 0 Å². The normalized spacial score (nSPS) is 24.3. The Labute approximate surface area is 105 Å². The first kappa shape index (κ1) is 12.9. The number of carbonyl (C=O) groups is 1. The molecule has 1 saturated heterocycles. The molecule has 2 fully saturated rings. The Morgan fingerprint density at radius 2 is 2.06 bits per heavy atom. The standard InChI is InChI=1S/C14H26N2O/c1-12(11-16-9-5-8-14(16)17)15-10-13-6-3-2-4-7-13/h12-13,15H,2-11H2,1H3. The average molecular weight is 238 g/mol.